The van der Waals surface area contributed by atoms with E-state index in [1.54, 1.807) is 18.2 Å². The standard InChI is InChI=1S/C16H14FN5/c1-11-5-4-6-12(9-11)19-15-10-18-22-16(21-15)20-14-8-3-2-7-13(14)17/h2-10H,1H3,(H2,19,20,21,22). The summed E-state index contributed by atoms with van der Waals surface area (Å²) in [5.74, 6) is 0.380. The number of hydrogen-bond acceptors (Lipinski definition) is 5. The van der Waals surface area contributed by atoms with Gasteiger partial charge in [0.15, 0.2) is 5.82 Å². The minimum absolute atomic E-state index is 0.225. The van der Waals surface area contributed by atoms with E-state index in [1.165, 1.54) is 12.3 Å². The van der Waals surface area contributed by atoms with Gasteiger partial charge in [-0.3, -0.25) is 0 Å². The Morgan fingerprint density at radius 2 is 1.86 bits per heavy atom. The van der Waals surface area contributed by atoms with Crippen LogP contribution in [0.4, 0.5) is 27.5 Å². The smallest absolute Gasteiger partial charge is 0.249 e. The first-order valence-electron chi connectivity index (χ1n) is 6.76. The summed E-state index contributed by atoms with van der Waals surface area (Å²) in [4.78, 5) is 4.27. The second-order valence-electron chi connectivity index (χ2n) is 4.76. The van der Waals surface area contributed by atoms with Gasteiger partial charge in [-0.05, 0) is 36.8 Å². The molecule has 0 amide bonds. The Hall–Kier alpha value is -3.02. The molecular formula is C16H14FN5. The maximum atomic E-state index is 13.6. The van der Waals surface area contributed by atoms with Crippen LogP contribution in [-0.4, -0.2) is 15.2 Å². The van der Waals surface area contributed by atoms with Crippen molar-refractivity contribution in [3.05, 3.63) is 66.1 Å². The minimum atomic E-state index is -0.372. The molecule has 3 rings (SSSR count). The summed E-state index contributed by atoms with van der Waals surface area (Å²) in [7, 11) is 0. The first-order chi connectivity index (χ1) is 10.7. The largest absolute Gasteiger partial charge is 0.339 e. The Balaban J connectivity index is 1.79. The Morgan fingerprint density at radius 1 is 1.00 bits per heavy atom. The Bertz CT molecular complexity index is 791. The fraction of sp³-hybridized carbons (Fsp3) is 0.0625. The van der Waals surface area contributed by atoms with Gasteiger partial charge in [-0.25, -0.2) is 4.39 Å². The van der Waals surface area contributed by atoms with Crippen LogP contribution >= 0.6 is 0 Å². The normalized spacial score (nSPS) is 10.3. The Morgan fingerprint density at radius 3 is 2.68 bits per heavy atom. The molecule has 0 unspecified atom stereocenters. The van der Waals surface area contributed by atoms with Gasteiger partial charge in [-0.2, -0.15) is 10.1 Å². The number of nitrogens with zero attached hydrogens (tertiary/aromatic N) is 3. The molecule has 2 aromatic carbocycles. The number of hydrogen-bond donors (Lipinski definition) is 2. The predicted octanol–water partition coefficient (Wildman–Crippen LogP) is 3.81. The lowest BCUT2D eigenvalue weighted by Gasteiger charge is -2.08. The van der Waals surface area contributed by atoms with Crippen molar-refractivity contribution in [1.29, 1.82) is 0 Å². The summed E-state index contributed by atoms with van der Waals surface area (Å²) in [6.45, 7) is 2.01. The van der Waals surface area contributed by atoms with Gasteiger partial charge in [-0.1, -0.05) is 24.3 Å². The van der Waals surface area contributed by atoms with Gasteiger partial charge in [0.05, 0.1) is 11.9 Å². The maximum absolute atomic E-state index is 13.6. The molecule has 0 atom stereocenters. The fourth-order valence-electron chi connectivity index (χ4n) is 1.97. The van der Waals surface area contributed by atoms with Crippen molar-refractivity contribution in [3.63, 3.8) is 0 Å². The Kier molecular flexibility index (Phi) is 3.91. The molecule has 1 heterocycles. The molecular weight excluding hydrogens is 281 g/mol. The molecule has 0 saturated heterocycles. The Labute approximate surface area is 127 Å². The maximum Gasteiger partial charge on any atom is 0.249 e. The molecule has 6 heteroatoms. The van der Waals surface area contributed by atoms with Crippen LogP contribution in [0.25, 0.3) is 0 Å². The molecule has 0 saturated carbocycles. The number of aryl methyl sites for hydroxylation is 1. The van der Waals surface area contributed by atoms with Crippen molar-refractivity contribution in [2.45, 2.75) is 6.92 Å². The van der Waals surface area contributed by atoms with Crippen molar-refractivity contribution in [2.24, 2.45) is 0 Å². The van der Waals surface area contributed by atoms with Crippen molar-refractivity contribution in [2.75, 3.05) is 10.6 Å². The van der Waals surface area contributed by atoms with Gasteiger partial charge >= 0.3 is 0 Å². The molecule has 0 aliphatic carbocycles. The molecule has 0 spiro atoms. The number of para-hydroxylation sites is 1. The van der Waals surface area contributed by atoms with Crippen molar-refractivity contribution < 1.29 is 4.39 Å². The molecule has 2 N–H and O–H groups in total. The van der Waals surface area contributed by atoms with E-state index in [1.807, 2.05) is 31.2 Å². The van der Waals surface area contributed by atoms with E-state index in [0.29, 0.717) is 11.5 Å². The van der Waals surface area contributed by atoms with Crippen LogP contribution < -0.4 is 10.6 Å². The molecule has 3 aromatic rings. The van der Waals surface area contributed by atoms with E-state index in [4.69, 9.17) is 0 Å². The van der Waals surface area contributed by atoms with Crippen LogP contribution in [0.3, 0.4) is 0 Å². The number of nitrogens with one attached hydrogen (secondary N) is 2. The second kappa shape index (κ2) is 6.17. The molecule has 22 heavy (non-hydrogen) atoms. The highest BCUT2D eigenvalue weighted by atomic mass is 19.1. The highest BCUT2D eigenvalue weighted by Gasteiger charge is 2.05. The summed E-state index contributed by atoms with van der Waals surface area (Å²) < 4.78 is 13.6. The highest BCUT2D eigenvalue weighted by Crippen LogP contribution is 2.19. The topological polar surface area (TPSA) is 62.7 Å². The van der Waals surface area contributed by atoms with Crippen LogP contribution in [0.2, 0.25) is 0 Å². The lowest BCUT2D eigenvalue weighted by atomic mass is 10.2. The summed E-state index contributed by atoms with van der Waals surface area (Å²) in [5.41, 5.74) is 2.34. The summed E-state index contributed by atoms with van der Waals surface area (Å²) in [6.07, 6.45) is 1.51. The molecule has 0 fully saturated rings. The summed E-state index contributed by atoms with van der Waals surface area (Å²) in [5, 5.41) is 13.7. The van der Waals surface area contributed by atoms with E-state index in [9.17, 15) is 4.39 Å². The van der Waals surface area contributed by atoms with E-state index >= 15 is 0 Å². The quantitative estimate of drug-likeness (QED) is 0.766. The summed E-state index contributed by atoms with van der Waals surface area (Å²) in [6, 6.07) is 14.2. The number of benzene rings is 2. The highest BCUT2D eigenvalue weighted by molar-refractivity contribution is 5.59. The lowest BCUT2D eigenvalue weighted by Crippen LogP contribution is -2.03. The van der Waals surface area contributed by atoms with Crippen molar-refractivity contribution in [3.8, 4) is 0 Å². The average Bonchev–Trinajstić information content (AvgIpc) is 2.50. The van der Waals surface area contributed by atoms with Crippen LogP contribution in [0.15, 0.2) is 54.7 Å². The van der Waals surface area contributed by atoms with Gasteiger partial charge < -0.3 is 10.6 Å². The van der Waals surface area contributed by atoms with Gasteiger partial charge in [0.1, 0.15) is 5.82 Å². The molecule has 0 bridgehead atoms. The van der Waals surface area contributed by atoms with Crippen LogP contribution in [0, 0.1) is 12.7 Å². The molecule has 110 valence electrons. The molecule has 0 aliphatic heterocycles. The molecule has 5 nitrogen and oxygen atoms in total. The van der Waals surface area contributed by atoms with Gasteiger partial charge in [0, 0.05) is 5.69 Å². The molecule has 0 radical (unpaired) electrons. The van der Waals surface area contributed by atoms with Gasteiger partial charge in [0.25, 0.3) is 0 Å². The first kappa shape index (κ1) is 13.9. The SMILES string of the molecule is Cc1cccc(Nc2cnnc(Nc3ccccc3F)n2)c1. The zero-order chi connectivity index (χ0) is 15.4. The third-order valence-electron chi connectivity index (χ3n) is 2.97. The van der Waals surface area contributed by atoms with Crippen molar-refractivity contribution >= 4 is 23.1 Å². The minimum Gasteiger partial charge on any atom is -0.339 e. The first-order valence-corrected chi connectivity index (χ1v) is 6.76. The van der Waals surface area contributed by atoms with Crippen molar-refractivity contribution in [1.82, 2.24) is 15.2 Å². The fourth-order valence-corrected chi connectivity index (χ4v) is 1.97. The number of anilines is 4. The summed E-state index contributed by atoms with van der Waals surface area (Å²) >= 11 is 0. The number of rotatable bonds is 4. The predicted molar refractivity (Wildman–Crippen MR) is 84.0 cm³/mol. The van der Waals surface area contributed by atoms with Gasteiger partial charge in [-0.15, -0.1) is 5.10 Å². The second-order valence-corrected chi connectivity index (χ2v) is 4.76. The third kappa shape index (κ3) is 3.35. The van der Waals surface area contributed by atoms with Crippen LogP contribution in [0.1, 0.15) is 5.56 Å². The van der Waals surface area contributed by atoms with Gasteiger partial charge in [0.2, 0.25) is 5.95 Å². The number of aromatic nitrogens is 3. The van der Waals surface area contributed by atoms with E-state index < -0.39 is 0 Å². The van der Waals surface area contributed by atoms with E-state index in [0.717, 1.165) is 11.3 Å². The third-order valence-corrected chi connectivity index (χ3v) is 2.97. The monoisotopic (exact) mass is 295 g/mol. The molecule has 1 aromatic heterocycles. The van der Waals surface area contributed by atoms with E-state index in [-0.39, 0.29) is 11.8 Å². The lowest BCUT2D eigenvalue weighted by molar-refractivity contribution is 0.631. The number of halogens is 1. The zero-order valence-electron chi connectivity index (χ0n) is 11.9. The van der Waals surface area contributed by atoms with Crippen LogP contribution in [0.5, 0.6) is 0 Å². The van der Waals surface area contributed by atoms with Crippen LogP contribution in [-0.2, 0) is 0 Å². The molecule has 0 aliphatic rings. The zero-order valence-corrected chi connectivity index (χ0v) is 11.9. The van der Waals surface area contributed by atoms with E-state index in [2.05, 4.69) is 25.8 Å². The average molecular weight is 295 g/mol.